The first-order valence-corrected chi connectivity index (χ1v) is 38.8. The first-order valence-electron chi connectivity index (χ1n) is 36.5. The van der Waals surface area contributed by atoms with Crippen molar-refractivity contribution in [2.45, 2.75) is 180 Å². The number of nitrogens with two attached hydrogens (primary N) is 3. The fourth-order valence-electron chi connectivity index (χ4n) is 12.9. The van der Waals surface area contributed by atoms with Crippen LogP contribution in [-0.4, -0.2) is 138 Å². The van der Waals surface area contributed by atoms with Gasteiger partial charge in [0, 0.05) is 87.7 Å². The second-order valence-corrected chi connectivity index (χ2v) is 32.7. The van der Waals surface area contributed by atoms with Crippen molar-refractivity contribution in [2.75, 3.05) is 35.6 Å². The fourth-order valence-corrected chi connectivity index (χ4v) is 14.0. The van der Waals surface area contributed by atoms with Crippen LogP contribution in [0.5, 0.6) is 0 Å². The molecule has 9 rings (SSSR count). The van der Waals surface area contributed by atoms with E-state index in [0.29, 0.717) is 109 Å². The molecule has 24 nitrogen and oxygen atoms in total. The number of amides is 9. The molecular weight excluding hydrogens is 1580 g/mol. The van der Waals surface area contributed by atoms with Gasteiger partial charge in [-0.2, -0.15) is 0 Å². The zero-order valence-electron chi connectivity index (χ0n) is 62.9. The Labute approximate surface area is 659 Å². The van der Waals surface area contributed by atoms with Crippen LogP contribution in [0, 0.1) is 0 Å². The minimum Gasteiger partial charge on any atom is -0.443 e. The van der Waals surface area contributed by atoms with Gasteiger partial charge in [-0.05, 0) is 264 Å². The van der Waals surface area contributed by atoms with Gasteiger partial charge in [-0.3, -0.25) is 28.8 Å². The van der Waals surface area contributed by atoms with Gasteiger partial charge in [-0.15, -0.1) is 0 Å². The second kappa shape index (κ2) is 37.3. The molecule has 3 atom stereocenters. The molecule has 0 spiro atoms. The standard InChI is InChI=1S/C82H97Br3N12O12/c1-80(2,3)107-77(104)95(70(98)40-52-46-89-64-34-25-55(83)43-61(52)64)67(16-10-13-37-86)74(101)92-58-28-19-49(20-29-58)73(50-21-30-59(31-22-50)93-75(102)68(17-11-14-38-87)96(78(105)108-81(4,5)6)71(99)41-53-47-90-65-35-26-56(84)44-62(53)65)51-23-32-60(33-24-51)94-76(103)69(18-12-15-39-88)97(79(106)109-82(7,8)9)72(100)42-54-48-91-66-36-27-57(85)45-63(54)66/h19-36,43-48,67-69,73,89-91H,10-18,37-42,86-88H2,1-9H3,(H,92,101)(H,93,102)(H,94,103)/t67-,68-,69-/m0/s1. The summed E-state index contributed by atoms with van der Waals surface area (Å²) < 4.78 is 19.9. The minimum absolute atomic E-state index is 0.0686. The molecule has 9 amide bonds. The Bertz CT molecular complexity index is 4260. The molecule has 9 aromatic rings. The number of H-pyrrole nitrogens is 3. The number of fused-ring (bicyclic) bond motifs is 3. The van der Waals surface area contributed by atoms with E-state index in [4.69, 9.17) is 31.4 Å². The molecule has 0 fully saturated rings. The van der Waals surface area contributed by atoms with Crippen molar-refractivity contribution in [1.29, 1.82) is 0 Å². The van der Waals surface area contributed by atoms with Crippen LogP contribution in [0.2, 0.25) is 0 Å². The first kappa shape index (κ1) is 83.5. The number of unbranched alkanes of at least 4 members (excludes halogenated alkanes) is 3. The van der Waals surface area contributed by atoms with E-state index in [9.17, 15) is 43.2 Å². The van der Waals surface area contributed by atoms with Crippen LogP contribution in [-0.2, 0) is 62.2 Å². The van der Waals surface area contributed by atoms with E-state index in [1.54, 1.807) is 117 Å². The summed E-state index contributed by atoms with van der Waals surface area (Å²) in [6.07, 6.45) is 4.30. The zero-order chi connectivity index (χ0) is 79.1. The highest BCUT2D eigenvalue weighted by atomic mass is 79.9. The fraction of sp³-hybridized carbons (Fsp3) is 0.378. The Morgan fingerprint density at radius 3 is 0.853 bits per heavy atom. The van der Waals surface area contributed by atoms with Gasteiger partial charge in [0.05, 0.1) is 19.3 Å². The highest BCUT2D eigenvalue weighted by Crippen LogP contribution is 2.36. The Kier molecular flexibility index (Phi) is 28.6. The van der Waals surface area contributed by atoms with Crippen LogP contribution in [0.3, 0.4) is 0 Å². The second-order valence-electron chi connectivity index (χ2n) is 29.9. The molecule has 0 saturated heterocycles. The highest BCUT2D eigenvalue weighted by molar-refractivity contribution is 9.11. The van der Waals surface area contributed by atoms with E-state index in [1.165, 1.54) is 0 Å². The van der Waals surface area contributed by atoms with E-state index in [-0.39, 0.29) is 38.5 Å². The number of hydrogen-bond donors (Lipinski definition) is 9. The molecule has 0 aliphatic carbocycles. The van der Waals surface area contributed by atoms with Crippen LogP contribution >= 0.6 is 47.8 Å². The smallest absolute Gasteiger partial charge is 0.417 e. The summed E-state index contributed by atoms with van der Waals surface area (Å²) in [5.41, 5.74) is 22.0. The van der Waals surface area contributed by atoms with Gasteiger partial charge in [0.1, 0.15) is 34.9 Å². The minimum atomic E-state index is -1.33. The molecule has 109 heavy (non-hydrogen) atoms. The van der Waals surface area contributed by atoms with Gasteiger partial charge in [0.15, 0.2) is 0 Å². The molecule has 27 heteroatoms. The van der Waals surface area contributed by atoms with Gasteiger partial charge in [0.2, 0.25) is 35.4 Å². The molecule has 0 aliphatic heterocycles. The number of ether oxygens (including phenoxy) is 3. The lowest BCUT2D eigenvalue weighted by molar-refractivity contribution is -0.137. The van der Waals surface area contributed by atoms with Crippen LogP contribution < -0.4 is 33.2 Å². The third-order valence-electron chi connectivity index (χ3n) is 18.0. The molecule has 0 saturated carbocycles. The van der Waals surface area contributed by atoms with Crippen LogP contribution in [0.15, 0.2) is 159 Å². The number of anilines is 3. The summed E-state index contributed by atoms with van der Waals surface area (Å²) in [5.74, 6) is -4.53. The van der Waals surface area contributed by atoms with Gasteiger partial charge in [-0.25, -0.2) is 29.1 Å². The lowest BCUT2D eigenvalue weighted by Gasteiger charge is -2.31. The number of carbonyl (C=O) groups excluding carboxylic acids is 9. The van der Waals surface area contributed by atoms with Crippen molar-refractivity contribution in [3.05, 3.63) is 193 Å². The summed E-state index contributed by atoms with van der Waals surface area (Å²) in [6.45, 7) is 16.0. The number of nitrogens with one attached hydrogen (secondary N) is 6. The Hall–Kier alpha value is -9.51. The van der Waals surface area contributed by atoms with Crippen molar-refractivity contribution in [1.82, 2.24) is 29.7 Å². The number of hydrogen-bond acceptors (Lipinski definition) is 15. The molecule has 0 unspecified atom stereocenters. The molecule has 3 aromatic heterocycles. The zero-order valence-corrected chi connectivity index (χ0v) is 67.6. The highest BCUT2D eigenvalue weighted by Gasteiger charge is 2.41. The predicted molar refractivity (Wildman–Crippen MR) is 435 cm³/mol. The number of benzene rings is 6. The predicted octanol–water partition coefficient (Wildman–Crippen LogP) is 15.9. The number of nitrogens with zero attached hydrogens (tertiary/aromatic N) is 3. The van der Waals surface area contributed by atoms with E-state index < -0.39 is 94.6 Å². The third kappa shape index (κ3) is 22.8. The topological polar surface area (TPSA) is 353 Å². The monoisotopic (exact) mass is 1680 g/mol. The summed E-state index contributed by atoms with van der Waals surface area (Å²) in [5, 5.41) is 11.2. The summed E-state index contributed by atoms with van der Waals surface area (Å²) in [7, 11) is 0. The van der Waals surface area contributed by atoms with Gasteiger partial charge in [0.25, 0.3) is 0 Å². The van der Waals surface area contributed by atoms with E-state index in [1.807, 2.05) is 91.0 Å². The molecule has 3 heterocycles. The van der Waals surface area contributed by atoms with Crippen molar-refractivity contribution in [2.24, 2.45) is 17.2 Å². The van der Waals surface area contributed by atoms with Crippen molar-refractivity contribution >= 4 is 151 Å². The Balaban J connectivity index is 1.06. The molecule has 0 bridgehead atoms. The maximum absolute atomic E-state index is 14.9. The van der Waals surface area contributed by atoms with Crippen molar-refractivity contribution in [3.63, 3.8) is 0 Å². The number of rotatable bonds is 30. The first-order chi connectivity index (χ1) is 51.7. The number of halogens is 3. The molecular formula is C82H97Br3N12O12. The van der Waals surface area contributed by atoms with Crippen LogP contribution in [0.4, 0.5) is 31.4 Å². The van der Waals surface area contributed by atoms with Crippen molar-refractivity contribution in [3.8, 4) is 0 Å². The molecule has 0 aliphatic rings. The van der Waals surface area contributed by atoms with Crippen LogP contribution in [0.25, 0.3) is 32.7 Å². The maximum atomic E-state index is 14.9. The molecule has 12 N–H and O–H groups in total. The van der Waals surface area contributed by atoms with Gasteiger partial charge < -0.3 is 62.3 Å². The van der Waals surface area contributed by atoms with E-state index in [2.05, 4.69) is 78.7 Å². The molecule has 578 valence electrons. The molecule has 0 radical (unpaired) electrons. The number of aromatic nitrogens is 3. The maximum Gasteiger partial charge on any atom is 0.417 e. The lowest BCUT2D eigenvalue weighted by Crippen LogP contribution is -2.52. The Morgan fingerprint density at radius 2 is 0.624 bits per heavy atom. The van der Waals surface area contributed by atoms with Gasteiger partial charge in [-0.1, -0.05) is 84.2 Å². The number of carbonyl (C=O) groups is 9. The van der Waals surface area contributed by atoms with Crippen molar-refractivity contribution < 1.29 is 57.4 Å². The van der Waals surface area contributed by atoms with Gasteiger partial charge >= 0.3 is 18.3 Å². The average Bonchev–Trinajstić information content (AvgIpc) is 1.76. The third-order valence-corrected chi connectivity index (χ3v) is 19.4. The Morgan fingerprint density at radius 1 is 0.376 bits per heavy atom. The van der Waals surface area contributed by atoms with Crippen LogP contribution in [0.1, 0.15) is 159 Å². The summed E-state index contributed by atoms with van der Waals surface area (Å²) >= 11 is 10.6. The van der Waals surface area contributed by atoms with E-state index in [0.717, 1.165) is 60.8 Å². The average molecular weight is 1680 g/mol. The normalized spacial score (nSPS) is 12.7. The quantitative estimate of drug-likeness (QED) is 0.0115. The van der Waals surface area contributed by atoms with E-state index >= 15 is 0 Å². The number of imide groups is 3. The molecule has 6 aromatic carbocycles. The lowest BCUT2D eigenvalue weighted by atomic mass is 9.85. The number of aromatic amines is 3. The summed E-state index contributed by atoms with van der Waals surface area (Å²) in [4.78, 5) is 144. The summed E-state index contributed by atoms with van der Waals surface area (Å²) in [6, 6.07) is 33.9. The SMILES string of the molecule is CC(C)(C)OC(=O)N(C(=O)Cc1c[nH]c2ccc(Br)cc12)[C@@H](CCCCN)C(=O)Nc1ccc(C(c2ccc(NC(=O)[C@H](CCCCN)N(C(=O)Cc3c[nH]c4ccc(Br)cc34)C(=O)OC(C)(C)C)cc2)c2ccc(NC(=O)[C@H](CCCCN)N(C(=O)Cc3c[nH]c4ccc(Br)cc34)C(=O)OC(C)(C)C)cc2)cc1. The largest absolute Gasteiger partial charge is 0.443 e.